The Hall–Kier alpha value is -1.93. The van der Waals surface area contributed by atoms with Crippen molar-refractivity contribution < 1.29 is 29.3 Å². The minimum atomic E-state index is -1.20. The van der Waals surface area contributed by atoms with Crippen molar-refractivity contribution in [3.63, 3.8) is 0 Å². The largest absolute Gasteiger partial charge is 0.481 e. The van der Waals surface area contributed by atoms with Crippen molar-refractivity contribution >= 4 is 17.8 Å². The molecule has 3 aliphatic heterocycles. The summed E-state index contributed by atoms with van der Waals surface area (Å²) in [6, 6.07) is -0.975. The molecule has 32 heavy (non-hydrogen) atoms. The van der Waals surface area contributed by atoms with Crippen LogP contribution in [0.15, 0.2) is 12.7 Å². The molecule has 3 aliphatic rings. The smallest absolute Gasteiger partial charge is 0.310 e. The van der Waals surface area contributed by atoms with Crippen LogP contribution in [0.5, 0.6) is 0 Å². The first-order chi connectivity index (χ1) is 14.6. The number of β-amino-alcohol motifs (C(OH)–C–C–N with tert-alkyl or cyclic N) is 1. The lowest BCUT2D eigenvalue weighted by Crippen LogP contribution is -2.61. The van der Waals surface area contributed by atoms with Gasteiger partial charge in [-0.2, -0.15) is 0 Å². The van der Waals surface area contributed by atoms with E-state index in [2.05, 4.69) is 27.4 Å². The van der Waals surface area contributed by atoms with Gasteiger partial charge in [-0.15, -0.1) is 6.58 Å². The summed E-state index contributed by atoms with van der Waals surface area (Å²) < 4.78 is 6.37. The van der Waals surface area contributed by atoms with Crippen LogP contribution < -0.4 is 0 Å². The third-order valence-corrected chi connectivity index (χ3v) is 7.39. The van der Waals surface area contributed by atoms with E-state index in [1.54, 1.807) is 17.9 Å². The van der Waals surface area contributed by atoms with Crippen LogP contribution in [0.1, 0.15) is 60.8 Å². The molecule has 2 N–H and O–H groups in total. The number of aliphatic hydroxyl groups is 1. The molecule has 8 nitrogen and oxygen atoms in total. The molecule has 5 atom stereocenters. The van der Waals surface area contributed by atoms with Gasteiger partial charge >= 0.3 is 5.97 Å². The van der Waals surface area contributed by atoms with Crippen LogP contribution in [-0.4, -0.2) is 80.3 Å². The SMILES string of the molecule is C=CCN(C(=O)C1N(CCO)C(=O)[C@@H]2[C@H](C(=O)O)[C@]3(C)CCC12O3)C(C)(C)CC(C)(C)C. The van der Waals surface area contributed by atoms with Crippen molar-refractivity contribution in [1.82, 2.24) is 9.80 Å². The molecule has 8 heteroatoms. The Bertz CT molecular complexity index is 818. The number of carbonyl (C=O) groups is 3. The molecule has 3 saturated heterocycles. The summed E-state index contributed by atoms with van der Waals surface area (Å²) in [4.78, 5) is 42.9. The standard InChI is InChI=1S/C24H38N2O6/c1-8-11-26(22(5,6)14-21(2,3)4)19(29)17-24-10-9-23(7,32-24)16(20(30)31)15(24)18(28)25(17)12-13-27/h8,15-17,27H,1,9-14H2,2-7H3,(H,30,31)/t15-,16+,17?,23-,24?/m0/s1. The number of ether oxygens (including phenoxy) is 1. The zero-order valence-electron chi connectivity index (χ0n) is 20.2. The molecule has 2 unspecified atom stereocenters. The van der Waals surface area contributed by atoms with Crippen LogP contribution in [0.4, 0.5) is 0 Å². The fraction of sp³-hybridized carbons (Fsp3) is 0.792. The first kappa shape index (κ1) is 24.7. The number of rotatable bonds is 8. The lowest BCUT2D eigenvalue weighted by Gasteiger charge is -2.45. The van der Waals surface area contributed by atoms with Gasteiger partial charge in [0.2, 0.25) is 11.8 Å². The van der Waals surface area contributed by atoms with Gasteiger partial charge in [0.25, 0.3) is 0 Å². The topological polar surface area (TPSA) is 107 Å². The molecule has 0 aliphatic carbocycles. The van der Waals surface area contributed by atoms with E-state index in [1.807, 2.05) is 13.8 Å². The van der Waals surface area contributed by atoms with E-state index in [1.165, 1.54) is 4.90 Å². The van der Waals surface area contributed by atoms with E-state index >= 15 is 0 Å². The second-order valence-electron chi connectivity index (χ2n) is 11.6. The summed E-state index contributed by atoms with van der Waals surface area (Å²) in [6.45, 7) is 15.8. The number of hydrogen-bond acceptors (Lipinski definition) is 5. The van der Waals surface area contributed by atoms with Gasteiger partial charge in [-0.05, 0) is 45.4 Å². The van der Waals surface area contributed by atoms with Gasteiger partial charge in [-0.3, -0.25) is 14.4 Å². The molecular formula is C24H38N2O6. The number of carbonyl (C=O) groups excluding carboxylic acids is 2. The summed E-state index contributed by atoms with van der Waals surface area (Å²) in [5.74, 6) is -3.73. The summed E-state index contributed by atoms with van der Waals surface area (Å²) in [5.41, 5.74) is -2.78. The Morgan fingerprint density at radius 2 is 1.91 bits per heavy atom. The van der Waals surface area contributed by atoms with Crippen molar-refractivity contribution in [3.8, 4) is 0 Å². The van der Waals surface area contributed by atoms with Crippen LogP contribution in [0.2, 0.25) is 0 Å². The number of nitrogens with zero attached hydrogens (tertiary/aromatic N) is 2. The third-order valence-electron chi connectivity index (χ3n) is 7.39. The van der Waals surface area contributed by atoms with E-state index < -0.39 is 46.5 Å². The molecule has 1 spiro atoms. The summed E-state index contributed by atoms with van der Waals surface area (Å²) in [7, 11) is 0. The Morgan fingerprint density at radius 3 is 2.41 bits per heavy atom. The first-order valence-electron chi connectivity index (χ1n) is 11.4. The van der Waals surface area contributed by atoms with Crippen LogP contribution in [0.25, 0.3) is 0 Å². The van der Waals surface area contributed by atoms with Crippen LogP contribution in [0, 0.1) is 17.3 Å². The van der Waals surface area contributed by atoms with Crippen LogP contribution >= 0.6 is 0 Å². The maximum absolute atomic E-state index is 14.2. The zero-order chi connectivity index (χ0) is 24.3. The van der Waals surface area contributed by atoms with Crippen molar-refractivity contribution in [1.29, 1.82) is 0 Å². The van der Waals surface area contributed by atoms with Crippen LogP contribution in [-0.2, 0) is 19.1 Å². The Labute approximate surface area is 190 Å². The molecule has 0 radical (unpaired) electrons. The second-order valence-corrected chi connectivity index (χ2v) is 11.6. The highest BCUT2D eigenvalue weighted by atomic mass is 16.5. The molecule has 180 valence electrons. The van der Waals surface area contributed by atoms with Gasteiger partial charge < -0.3 is 24.7 Å². The van der Waals surface area contributed by atoms with Gasteiger partial charge in [0, 0.05) is 18.6 Å². The number of carboxylic acids is 1. The predicted octanol–water partition coefficient (Wildman–Crippen LogP) is 2.06. The minimum Gasteiger partial charge on any atom is -0.481 e. The second kappa shape index (κ2) is 7.83. The number of hydrogen-bond donors (Lipinski definition) is 2. The highest BCUT2D eigenvalue weighted by Gasteiger charge is 2.78. The van der Waals surface area contributed by atoms with E-state index in [0.29, 0.717) is 25.8 Å². The number of aliphatic carboxylic acids is 1. The molecule has 2 amide bonds. The van der Waals surface area contributed by atoms with Crippen molar-refractivity contribution in [3.05, 3.63) is 12.7 Å². The highest BCUT2D eigenvalue weighted by molar-refractivity contribution is 5.98. The number of amides is 2. The molecule has 0 aromatic rings. The van der Waals surface area contributed by atoms with E-state index in [9.17, 15) is 24.6 Å². The van der Waals surface area contributed by atoms with Gasteiger partial charge in [0.05, 0.1) is 24.0 Å². The van der Waals surface area contributed by atoms with Gasteiger partial charge in [-0.1, -0.05) is 26.8 Å². The van der Waals surface area contributed by atoms with E-state index in [4.69, 9.17) is 4.74 Å². The molecule has 3 heterocycles. The maximum atomic E-state index is 14.2. The number of fused-ring (bicyclic) bond motifs is 1. The molecule has 0 aromatic heterocycles. The quantitative estimate of drug-likeness (QED) is 0.548. The maximum Gasteiger partial charge on any atom is 0.310 e. The molecule has 3 fully saturated rings. The fourth-order valence-electron chi connectivity index (χ4n) is 6.73. The number of likely N-dealkylation sites (tertiary alicyclic amines) is 1. The molecule has 0 saturated carbocycles. The lowest BCUT2D eigenvalue weighted by atomic mass is 9.66. The average Bonchev–Trinajstić information content (AvgIpc) is 3.19. The van der Waals surface area contributed by atoms with Gasteiger partial charge in [-0.25, -0.2) is 0 Å². The summed E-state index contributed by atoms with van der Waals surface area (Å²) in [6.07, 6.45) is 3.28. The molecular weight excluding hydrogens is 412 g/mol. The highest BCUT2D eigenvalue weighted by Crippen LogP contribution is 2.63. The predicted molar refractivity (Wildman–Crippen MR) is 119 cm³/mol. The normalized spacial score (nSPS) is 34.0. The van der Waals surface area contributed by atoms with Crippen LogP contribution in [0.3, 0.4) is 0 Å². The first-order valence-corrected chi connectivity index (χ1v) is 11.4. The van der Waals surface area contributed by atoms with Crippen molar-refractivity contribution in [2.24, 2.45) is 17.3 Å². The lowest BCUT2D eigenvalue weighted by molar-refractivity contribution is -0.158. The Morgan fingerprint density at radius 1 is 1.28 bits per heavy atom. The number of carboxylic acid groups (broad SMARTS) is 1. The Balaban J connectivity index is 2.09. The molecule has 0 aromatic carbocycles. The monoisotopic (exact) mass is 450 g/mol. The van der Waals surface area contributed by atoms with Crippen molar-refractivity contribution in [2.45, 2.75) is 83.6 Å². The Kier molecular flexibility index (Phi) is 6.05. The number of aliphatic hydroxyl groups excluding tert-OH is 1. The van der Waals surface area contributed by atoms with E-state index in [0.717, 1.165) is 0 Å². The molecule has 3 rings (SSSR count). The average molecular weight is 451 g/mol. The molecule has 2 bridgehead atoms. The fourth-order valence-corrected chi connectivity index (χ4v) is 6.73. The van der Waals surface area contributed by atoms with Gasteiger partial charge in [0.15, 0.2) is 0 Å². The minimum absolute atomic E-state index is 0.0401. The van der Waals surface area contributed by atoms with E-state index in [-0.39, 0.29) is 24.5 Å². The van der Waals surface area contributed by atoms with Crippen molar-refractivity contribution in [2.75, 3.05) is 19.7 Å². The summed E-state index contributed by atoms with van der Waals surface area (Å²) >= 11 is 0. The zero-order valence-corrected chi connectivity index (χ0v) is 20.2. The van der Waals surface area contributed by atoms with Gasteiger partial charge in [0.1, 0.15) is 11.6 Å². The summed E-state index contributed by atoms with van der Waals surface area (Å²) in [5, 5.41) is 19.6. The third kappa shape index (κ3) is 3.65.